The summed E-state index contributed by atoms with van der Waals surface area (Å²) in [6.45, 7) is 3.68. The smallest absolute Gasteiger partial charge is 0.231 e. The fraction of sp³-hybridized carbons (Fsp3) is 0.350. The first kappa shape index (κ1) is 14.5. The second kappa shape index (κ2) is 6.17. The van der Waals surface area contributed by atoms with Gasteiger partial charge in [-0.1, -0.05) is 48.5 Å². The number of carbonyl (C=O) groups excluding carboxylic acids is 1. The first-order chi connectivity index (χ1) is 11.3. The summed E-state index contributed by atoms with van der Waals surface area (Å²) in [5.41, 5.74) is 3.76. The molecule has 2 aromatic carbocycles. The zero-order valence-electron chi connectivity index (χ0n) is 13.3. The summed E-state index contributed by atoms with van der Waals surface area (Å²) in [7, 11) is 0. The highest BCUT2D eigenvalue weighted by atomic mass is 16.2. The zero-order chi connectivity index (χ0) is 15.6. The van der Waals surface area contributed by atoms with Gasteiger partial charge in [-0.2, -0.15) is 0 Å². The quantitative estimate of drug-likeness (QED) is 0.870. The van der Waals surface area contributed by atoms with Crippen LogP contribution in [0.5, 0.6) is 0 Å². The van der Waals surface area contributed by atoms with Crippen molar-refractivity contribution < 1.29 is 4.79 Å². The van der Waals surface area contributed by atoms with E-state index in [1.807, 2.05) is 17.0 Å². The monoisotopic (exact) mass is 306 g/mol. The molecular weight excluding hydrogens is 284 g/mol. The Balaban J connectivity index is 1.41. The van der Waals surface area contributed by atoms with Crippen molar-refractivity contribution in [3.05, 3.63) is 65.7 Å². The molecule has 4 rings (SSSR count). The Morgan fingerprint density at radius 3 is 2.65 bits per heavy atom. The van der Waals surface area contributed by atoms with E-state index in [0.29, 0.717) is 5.91 Å². The SMILES string of the molecule is O=C(C1CCN(Cc2ccccc2)C1)N1CCc2ccccc21. The lowest BCUT2D eigenvalue weighted by atomic mass is 10.1. The molecule has 3 heteroatoms. The molecule has 3 nitrogen and oxygen atoms in total. The van der Waals surface area contributed by atoms with Crippen LogP contribution in [-0.2, 0) is 17.8 Å². The molecule has 23 heavy (non-hydrogen) atoms. The Morgan fingerprint density at radius 2 is 1.78 bits per heavy atom. The lowest BCUT2D eigenvalue weighted by Crippen LogP contribution is -2.36. The fourth-order valence-corrected chi connectivity index (χ4v) is 3.81. The maximum Gasteiger partial charge on any atom is 0.231 e. The number of fused-ring (bicyclic) bond motifs is 1. The summed E-state index contributed by atoms with van der Waals surface area (Å²) in [6.07, 6.45) is 1.96. The van der Waals surface area contributed by atoms with Crippen molar-refractivity contribution >= 4 is 11.6 Å². The van der Waals surface area contributed by atoms with Crippen LogP contribution in [-0.4, -0.2) is 30.4 Å². The lowest BCUT2D eigenvalue weighted by molar-refractivity contribution is -0.121. The molecule has 0 aromatic heterocycles. The summed E-state index contributed by atoms with van der Waals surface area (Å²) in [4.78, 5) is 17.3. The third kappa shape index (κ3) is 2.89. The topological polar surface area (TPSA) is 23.6 Å². The van der Waals surface area contributed by atoms with Crippen LogP contribution in [0, 0.1) is 5.92 Å². The van der Waals surface area contributed by atoms with Crippen molar-refractivity contribution in [2.45, 2.75) is 19.4 Å². The van der Waals surface area contributed by atoms with Gasteiger partial charge in [0.25, 0.3) is 0 Å². The standard InChI is InChI=1S/C20H22N2O/c23-20(22-13-11-17-8-4-5-9-19(17)22)18-10-12-21(15-18)14-16-6-2-1-3-7-16/h1-9,18H,10-15H2. The number of carbonyl (C=O) groups is 1. The van der Waals surface area contributed by atoms with Gasteiger partial charge in [-0.05, 0) is 36.6 Å². The minimum absolute atomic E-state index is 0.143. The first-order valence-corrected chi connectivity index (χ1v) is 8.47. The molecule has 0 bridgehead atoms. The van der Waals surface area contributed by atoms with E-state index in [2.05, 4.69) is 47.4 Å². The highest BCUT2D eigenvalue weighted by Gasteiger charge is 2.34. The number of hydrogen-bond donors (Lipinski definition) is 0. The van der Waals surface area contributed by atoms with Gasteiger partial charge in [0.05, 0.1) is 5.92 Å². The molecule has 1 fully saturated rings. The highest BCUT2D eigenvalue weighted by Crippen LogP contribution is 2.30. The first-order valence-electron chi connectivity index (χ1n) is 8.47. The Labute approximate surface area is 137 Å². The van der Waals surface area contributed by atoms with Crippen LogP contribution in [0.25, 0.3) is 0 Å². The van der Waals surface area contributed by atoms with Gasteiger partial charge in [-0.15, -0.1) is 0 Å². The summed E-state index contributed by atoms with van der Waals surface area (Å²) >= 11 is 0. The number of anilines is 1. The Kier molecular flexibility index (Phi) is 3.88. The van der Waals surface area contributed by atoms with Crippen molar-refractivity contribution in [2.75, 3.05) is 24.5 Å². The van der Waals surface area contributed by atoms with Gasteiger partial charge in [0.2, 0.25) is 5.91 Å². The molecule has 0 radical (unpaired) electrons. The molecule has 118 valence electrons. The summed E-state index contributed by atoms with van der Waals surface area (Å²) in [6, 6.07) is 18.8. The third-order valence-corrected chi connectivity index (χ3v) is 5.02. The molecule has 0 saturated carbocycles. The number of benzene rings is 2. The molecule has 2 aliphatic heterocycles. The van der Waals surface area contributed by atoms with Gasteiger partial charge < -0.3 is 4.90 Å². The van der Waals surface area contributed by atoms with E-state index in [1.54, 1.807) is 0 Å². The average Bonchev–Trinajstić information content (AvgIpc) is 3.22. The van der Waals surface area contributed by atoms with Gasteiger partial charge in [0.1, 0.15) is 0 Å². The lowest BCUT2D eigenvalue weighted by Gasteiger charge is -2.22. The number of likely N-dealkylation sites (tertiary alicyclic amines) is 1. The second-order valence-corrected chi connectivity index (χ2v) is 6.57. The van der Waals surface area contributed by atoms with Crippen LogP contribution < -0.4 is 4.90 Å². The Bertz CT molecular complexity index is 698. The number of rotatable bonds is 3. The molecule has 2 aromatic rings. The zero-order valence-corrected chi connectivity index (χ0v) is 13.3. The normalized spacial score (nSPS) is 20.7. The second-order valence-electron chi connectivity index (χ2n) is 6.57. The van der Waals surface area contributed by atoms with Crippen molar-refractivity contribution in [1.82, 2.24) is 4.90 Å². The van der Waals surface area contributed by atoms with Gasteiger partial charge in [-0.3, -0.25) is 9.69 Å². The average molecular weight is 306 g/mol. The molecule has 0 spiro atoms. The van der Waals surface area contributed by atoms with E-state index >= 15 is 0 Å². The van der Waals surface area contributed by atoms with E-state index in [1.165, 1.54) is 11.1 Å². The van der Waals surface area contributed by atoms with Crippen LogP contribution in [0.2, 0.25) is 0 Å². The largest absolute Gasteiger partial charge is 0.312 e. The summed E-state index contributed by atoms with van der Waals surface area (Å²) in [5, 5.41) is 0. The van der Waals surface area contributed by atoms with Gasteiger partial charge >= 0.3 is 0 Å². The van der Waals surface area contributed by atoms with Crippen LogP contribution in [0.15, 0.2) is 54.6 Å². The van der Waals surface area contributed by atoms with E-state index in [4.69, 9.17) is 0 Å². The maximum absolute atomic E-state index is 12.9. The molecule has 1 unspecified atom stereocenters. The predicted octanol–water partition coefficient (Wildman–Crippen LogP) is 3.10. The van der Waals surface area contributed by atoms with Crippen LogP contribution in [0.3, 0.4) is 0 Å². The molecule has 0 aliphatic carbocycles. The molecule has 0 N–H and O–H groups in total. The van der Waals surface area contributed by atoms with Crippen LogP contribution in [0.4, 0.5) is 5.69 Å². The Morgan fingerprint density at radius 1 is 1.00 bits per heavy atom. The predicted molar refractivity (Wildman–Crippen MR) is 92.3 cm³/mol. The van der Waals surface area contributed by atoms with Gasteiger partial charge in [0.15, 0.2) is 0 Å². The molecule has 2 aliphatic rings. The summed E-state index contributed by atoms with van der Waals surface area (Å²) in [5.74, 6) is 0.454. The number of nitrogens with zero attached hydrogens (tertiary/aromatic N) is 2. The summed E-state index contributed by atoms with van der Waals surface area (Å²) < 4.78 is 0. The van der Waals surface area contributed by atoms with Crippen molar-refractivity contribution in [3.63, 3.8) is 0 Å². The molecular formula is C20H22N2O. The van der Waals surface area contributed by atoms with Gasteiger partial charge in [0, 0.05) is 25.3 Å². The molecule has 2 heterocycles. The minimum Gasteiger partial charge on any atom is -0.312 e. The van der Waals surface area contributed by atoms with E-state index in [-0.39, 0.29) is 5.92 Å². The highest BCUT2D eigenvalue weighted by molar-refractivity contribution is 5.97. The molecule has 1 saturated heterocycles. The van der Waals surface area contributed by atoms with E-state index in [0.717, 1.165) is 44.7 Å². The number of amides is 1. The third-order valence-electron chi connectivity index (χ3n) is 5.02. The van der Waals surface area contributed by atoms with E-state index < -0.39 is 0 Å². The Hall–Kier alpha value is -2.13. The van der Waals surface area contributed by atoms with Crippen molar-refractivity contribution in [3.8, 4) is 0 Å². The van der Waals surface area contributed by atoms with Crippen LogP contribution in [0.1, 0.15) is 17.5 Å². The minimum atomic E-state index is 0.143. The molecule has 1 amide bonds. The fourth-order valence-electron chi connectivity index (χ4n) is 3.81. The van der Waals surface area contributed by atoms with Crippen molar-refractivity contribution in [2.24, 2.45) is 5.92 Å². The van der Waals surface area contributed by atoms with Crippen molar-refractivity contribution in [1.29, 1.82) is 0 Å². The number of para-hydroxylation sites is 1. The number of hydrogen-bond acceptors (Lipinski definition) is 2. The van der Waals surface area contributed by atoms with Crippen LogP contribution >= 0.6 is 0 Å². The molecule has 1 atom stereocenters. The maximum atomic E-state index is 12.9. The van der Waals surface area contributed by atoms with E-state index in [9.17, 15) is 4.79 Å². The van der Waals surface area contributed by atoms with Gasteiger partial charge in [-0.25, -0.2) is 0 Å².